The third kappa shape index (κ3) is 3.62. The van der Waals surface area contributed by atoms with Crippen LogP contribution in [0.3, 0.4) is 0 Å². The lowest BCUT2D eigenvalue weighted by atomic mass is 10.2. The van der Waals surface area contributed by atoms with Crippen LogP contribution in [0.5, 0.6) is 5.75 Å². The van der Waals surface area contributed by atoms with E-state index >= 15 is 0 Å². The Kier molecular flexibility index (Phi) is 4.47. The monoisotopic (exact) mass is 345 g/mol. The van der Waals surface area contributed by atoms with Crippen molar-refractivity contribution in [3.8, 4) is 23.3 Å². The first-order valence-corrected chi connectivity index (χ1v) is 7.32. The van der Waals surface area contributed by atoms with Crippen molar-refractivity contribution in [2.75, 3.05) is 0 Å². The fourth-order valence-electron chi connectivity index (χ4n) is 1.85. The largest absolute Gasteiger partial charge is 0.484 e. The summed E-state index contributed by atoms with van der Waals surface area (Å²) in [4.78, 5) is 4.25. The Morgan fingerprint density at radius 2 is 1.91 bits per heavy atom. The molecule has 0 saturated heterocycles. The van der Waals surface area contributed by atoms with Crippen molar-refractivity contribution in [1.82, 2.24) is 10.1 Å². The zero-order valence-electron chi connectivity index (χ0n) is 11.7. The average molecular weight is 346 g/mol. The first kappa shape index (κ1) is 15.3. The summed E-state index contributed by atoms with van der Waals surface area (Å²) in [5.74, 6) is 1.21. The van der Waals surface area contributed by atoms with Gasteiger partial charge in [0.15, 0.2) is 6.61 Å². The van der Waals surface area contributed by atoms with Gasteiger partial charge in [0.05, 0.1) is 16.7 Å². The highest BCUT2D eigenvalue weighted by Gasteiger charge is 2.10. The minimum Gasteiger partial charge on any atom is -0.484 e. The Labute approximate surface area is 142 Å². The van der Waals surface area contributed by atoms with E-state index in [1.807, 2.05) is 6.07 Å². The van der Waals surface area contributed by atoms with Gasteiger partial charge in [-0.3, -0.25) is 0 Å². The lowest BCUT2D eigenvalue weighted by Gasteiger charge is -2.05. The molecule has 3 aromatic rings. The Hall–Kier alpha value is -2.55. The van der Waals surface area contributed by atoms with E-state index in [0.29, 0.717) is 33.1 Å². The molecule has 0 N–H and O–H groups in total. The van der Waals surface area contributed by atoms with E-state index in [1.165, 1.54) is 6.07 Å². The van der Waals surface area contributed by atoms with Crippen molar-refractivity contribution in [2.24, 2.45) is 0 Å². The number of hydrogen-bond donors (Lipinski definition) is 0. The summed E-state index contributed by atoms with van der Waals surface area (Å²) in [6.45, 7) is 0.0999. The summed E-state index contributed by atoms with van der Waals surface area (Å²) < 4.78 is 10.7. The number of halogens is 2. The maximum Gasteiger partial charge on any atom is 0.258 e. The van der Waals surface area contributed by atoms with Crippen LogP contribution in [-0.4, -0.2) is 10.1 Å². The summed E-state index contributed by atoms with van der Waals surface area (Å²) in [7, 11) is 0. The summed E-state index contributed by atoms with van der Waals surface area (Å²) in [6.07, 6.45) is 0. The van der Waals surface area contributed by atoms with E-state index in [1.54, 1.807) is 36.4 Å². The molecular weight excluding hydrogens is 337 g/mol. The molecule has 7 heteroatoms. The predicted octanol–water partition coefficient (Wildman–Crippen LogP) is 4.49. The second kappa shape index (κ2) is 6.69. The van der Waals surface area contributed by atoms with Crippen LogP contribution < -0.4 is 4.74 Å². The molecule has 0 fully saturated rings. The number of nitriles is 1. The molecule has 1 aromatic heterocycles. The molecule has 0 atom stereocenters. The molecule has 5 nitrogen and oxygen atoms in total. The molecule has 0 bridgehead atoms. The molecule has 0 radical (unpaired) electrons. The molecule has 0 aliphatic carbocycles. The lowest BCUT2D eigenvalue weighted by molar-refractivity contribution is 0.287. The molecule has 3 rings (SSSR count). The SMILES string of the molecule is N#Cc1ccc(OCc2noc(-c3ccc(Cl)cc3)n2)c(Cl)c1. The Morgan fingerprint density at radius 1 is 1.13 bits per heavy atom. The smallest absolute Gasteiger partial charge is 0.258 e. The molecule has 0 unspecified atom stereocenters. The number of hydrogen-bond acceptors (Lipinski definition) is 5. The van der Waals surface area contributed by atoms with E-state index in [9.17, 15) is 0 Å². The van der Waals surface area contributed by atoms with Crippen molar-refractivity contribution in [1.29, 1.82) is 5.26 Å². The van der Waals surface area contributed by atoms with Gasteiger partial charge in [-0.1, -0.05) is 28.4 Å². The second-order valence-corrected chi connectivity index (χ2v) is 5.41. The van der Waals surface area contributed by atoms with E-state index in [0.717, 1.165) is 5.56 Å². The molecule has 0 saturated carbocycles. The maximum atomic E-state index is 8.80. The van der Waals surface area contributed by atoms with Crippen molar-refractivity contribution in [3.05, 3.63) is 63.9 Å². The van der Waals surface area contributed by atoms with Crippen LogP contribution in [0.25, 0.3) is 11.5 Å². The number of ether oxygens (including phenoxy) is 1. The third-order valence-electron chi connectivity index (χ3n) is 2.98. The second-order valence-electron chi connectivity index (χ2n) is 4.57. The highest BCUT2D eigenvalue weighted by Crippen LogP contribution is 2.26. The van der Waals surface area contributed by atoms with Gasteiger partial charge in [-0.05, 0) is 42.5 Å². The minimum atomic E-state index is 0.0999. The zero-order chi connectivity index (χ0) is 16.2. The van der Waals surface area contributed by atoms with Gasteiger partial charge in [-0.25, -0.2) is 0 Å². The van der Waals surface area contributed by atoms with Crippen LogP contribution in [0.4, 0.5) is 0 Å². The average Bonchev–Trinajstić information content (AvgIpc) is 3.03. The topological polar surface area (TPSA) is 71.9 Å². The van der Waals surface area contributed by atoms with Crippen LogP contribution in [0.2, 0.25) is 10.0 Å². The first-order chi connectivity index (χ1) is 11.2. The van der Waals surface area contributed by atoms with Gasteiger partial charge in [0.25, 0.3) is 5.89 Å². The standard InChI is InChI=1S/C16H9Cl2N3O2/c17-12-4-2-11(3-5-12)16-20-15(21-23-16)9-22-14-6-1-10(8-19)7-13(14)18/h1-7H,9H2. The maximum absolute atomic E-state index is 8.80. The minimum absolute atomic E-state index is 0.0999. The lowest BCUT2D eigenvalue weighted by Crippen LogP contribution is -1.98. The third-order valence-corrected chi connectivity index (χ3v) is 3.52. The molecule has 0 amide bonds. The number of aromatic nitrogens is 2. The van der Waals surface area contributed by atoms with Crippen LogP contribution in [0.1, 0.15) is 11.4 Å². The van der Waals surface area contributed by atoms with E-state index in [-0.39, 0.29) is 6.61 Å². The van der Waals surface area contributed by atoms with Crippen molar-refractivity contribution >= 4 is 23.2 Å². The summed E-state index contributed by atoms with van der Waals surface area (Å²) >= 11 is 11.9. The quantitative estimate of drug-likeness (QED) is 0.696. The Bertz CT molecular complexity index is 870. The Morgan fingerprint density at radius 3 is 2.61 bits per heavy atom. The number of nitrogens with zero attached hydrogens (tertiary/aromatic N) is 3. The molecule has 0 aliphatic heterocycles. The highest BCUT2D eigenvalue weighted by molar-refractivity contribution is 6.32. The summed E-state index contributed by atoms with van der Waals surface area (Å²) in [6, 6.07) is 13.9. The number of rotatable bonds is 4. The van der Waals surface area contributed by atoms with E-state index in [2.05, 4.69) is 10.1 Å². The van der Waals surface area contributed by atoms with Gasteiger partial charge in [0.2, 0.25) is 5.82 Å². The fraction of sp³-hybridized carbons (Fsp3) is 0.0625. The predicted molar refractivity (Wildman–Crippen MR) is 85.2 cm³/mol. The molecule has 2 aromatic carbocycles. The van der Waals surface area contributed by atoms with Crippen LogP contribution in [0, 0.1) is 11.3 Å². The zero-order valence-corrected chi connectivity index (χ0v) is 13.2. The Balaban J connectivity index is 1.70. The van der Waals surface area contributed by atoms with Crippen molar-refractivity contribution in [3.63, 3.8) is 0 Å². The molecule has 0 spiro atoms. The molecule has 0 aliphatic rings. The first-order valence-electron chi connectivity index (χ1n) is 6.56. The van der Waals surface area contributed by atoms with Crippen LogP contribution in [-0.2, 0) is 6.61 Å². The van der Waals surface area contributed by atoms with Crippen LogP contribution >= 0.6 is 23.2 Å². The normalized spacial score (nSPS) is 10.3. The highest BCUT2D eigenvalue weighted by atomic mass is 35.5. The molecule has 1 heterocycles. The van der Waals surface area contributed by atoms with Crippen molar-refractivity contribution in [2.45, 2.75) is 6.61 Å². The van der Waals surface area contributed by atoms with Gasteiger partial charge in [0.1, 0.15) is 5.75 Å². The molecule has 114 valence electrons. The van der Waals surface area contributed by atoms with E-state index < -0.39 is 0 Å². The van der Waals surface area contributed by atoms with Gasteiger partial charge in [-0.15, -0.1) is 0 Å². The fourth-order valence-corrected chi connectivity index (χ4v) is 2.21. The van der Waals surface area contributed by atoms with Gasteiger partial charge in [-0.2, -0.15) is 10.2 Å². The summed E-state index contributed by atoms with van der Waals surface area (Å²) in [5.41, 5.74) is 1.23. The van der Waals surface area contributed by atoms with Gasteiger partial charge in [0, 0.05) is 10.6 Å². The van der Waals surface area contributed by atoms with Crippen LogP contribution in [0.15, 0.2) is 47.0 Å². The van der Waals surface area contributed by atoms with Crippen molar-refractivity contribution < 1.29 is 9.26 Å². The van der Waals surface area contributed by atoms with Gasteiger partial charge >= 0.3 is 0 Å². The van der Waals surface area contributed by atoms with E-state index in [4.69, 9.17) is 37.7 Å². The summed E-state index contributed by atoms with van der Waals surface area (Å²) in [5, 5.41) is 13.6. The molecule has 23 heavy (non-hydrogen) atoms. The number of benzene rings is 2. The molecular formula is C16H9Cl2N3O2. The van der Waals surface area contributed by atoms with Gasteiger partial charge < -0.3 is 9.26 Å².